The van der Waals surface area contributed by atoms with Gasteiger partial charge in [-0.25, -0.2) is 4.98 Å². The first-order valence-corrected chi connectivity index (χ1v) is 8.61. The molecule has 2 N–H and O–H groups in total. The number of aryl methyl sites for hydroxylation is 1. The van der Waals surface area contributed by atoms with E-state index in [1.54, 1.807) is 0 Å². The summed E-state index contributed by atoms with van der Waals surface area (Å²) in [4.78, 5) is 9.98. The van der Waals surface area contributed by atoms with E-state index in [9.17, 15) is 0 Å². The predicted octanol–water partition coefficient (Wildman–Crippen LogP) is 4.58. The van der Waals surface area contributed by atoms with Crippen molar-refractivity contribution in [2.24, 2.45) is 5.73 Å². The van der Waals surface area contributed by atoms with Gasteiger partial charge < -0.3 is 10.3 Å². The Morgan fingerprint density at radius 2 is 2.08 bits per heavy atom. The van der Waals surface area contributed by atoms with Crippen LogP contribution in [0.25, 0.3) is 21.3 Å². The van der Waals surface area contributed by atoms with Crippen LogP contribution in [0.4, 0.5) is 0 Å². The van der Waals surface area contributed by atoms with Gasteiger partial charge in [0.15, 0.2) is 5.82 Å². The van der Waals surface area contributed by atoms with Gasteiger partial charge in [0.1, 0.15) is 9.88 Å². The minimum atomic E-state index is -0.421. The number of thiazole rings is 1. The highest BCUT2D eigenvalue weighted by Gasteiger charge is 2.39. The Bertz CT molecular complexity index is 873. The zero-order valence-corrected chi connectivity index (χ0v) is 15.3. The fraction of sp³-hybridized carbons (Fsp3) is 0.312. The van der Waals surface area contributed by atoms with Crippen molar-refractivity contribution >= 4 is 35.3 Å². The van der Waals surface area contributed by atoms with Crippen molar-refractivity contribution < 1.29 is 4.52 Å². The highest BCUT2D eigenvalue weighted by atomic mass is 35.5. The molecule has 0 radical (unpaired) electrons. The number of benzene rings is 1. The molecule has 2 heterocycles. The zero-order chi connectivity index (χ0) is 16.0. The number of nitrogens with zero attached hydrogens (tertiary/aromatic N) is 3. The number of halogens is 2. The van der Waals surface area contributed by atoms with E-state index in [1.807, 2.05) is 31.2 Å². The summed E-state index contributed by atoms with van der Waals surface area (Å²) >= 11 is 7.57. The Morgan fingerprint density at radius 1 is 1.29 bits per heavy atom. The molecule has 8 heteroatoms. The molecule has 0 bridgehead atoms. The summed E-state index contributed by atoms with van der Waals surface area (Å²) in [6.45, 7) is 1.94. The lowest BCUT2D eigenvalue weighted by atomic mass is 9.77. The minimum absolute atomic E-state index is 0. The van der Waals surface area contributed by atoms with Crippen LogP contribution in [0.5, 0.6) is 0 Å². The third-order valence-electron chi connectivity index (χ3n) is 4.18. The van der Waals surface area contributed by atoms with E-state index in [4.69, 9.17) is 21.9 Å². The van der Waals surface area contributed by atoms with Crippen LogP contribution in [0.3, 0.4) is 0 Å². The van der Waals surface area contributed by atoms with Crippen LogP contribution >= 0.6 is 35.3 Å². The number of hydrogen-bond donors (Lipinski definition) is 1. The van der Waals surface area contributed by atoms with E-state index >= 15 is 0 Å². The molecule has 1 aliphatic rings. The molecule has 4 rings (SSSR count). The van der Waals surface area contributed by atoms with Gasteiger partial charge >= 0.3 is 0 Å². The molecule has 3 aromatic rings. The first-order valence-electron chi connectivity index (χ1n) is 7.42. The second-order valence-electron chi connectivity index (χ2n) is 5.88. The number of rotatable bonds is 3. The summed E-state index contributed by atoms with van der Waals surface area (Å²) in [5, 5.41) is 5.64. The van der Waals surface area contributed by atoms with E-state index in [0.29, 0.717) is 16.7 Å². The highest BCUT2D eigenvalue weighted by molar-refractivity contribution is 7.18. The van der Waals surface area contributed by atoms with Gasteiger partial charge in [-0.2, -0.15) is 4.98 Å². The second kappa shape index (κ2) is 6.44. The first-order chi connectivity index (χ1) is 11.0. The average Bonchev–Trinajstić information content (AvgIpc) is 3.11. The summed E-state index contributed by atoms with van der Waals surface area (Å²) in [5.41, 5.74) is 7.67. The summed E-state index contributed by atoms with van der Waals surface area (Å²) in [7, 11) is 0. The molecule has 0 atom stereocenters. The topological polar surface area (TPSA) is 77.8 Å². The molecule has 2 aromatic heterocycles. The van der Waals surface area contributed by atoms with Crippen LogP contribution in [0.15, 0.2) is 28.8 Å². The second-order valence-corrected chi connectivity index (χ2v) is 7.31. The molecule has 0 amide bonds. The van der Waals surface area contributed by atoms with Gasteiger partial charge in [0.05, 0.1) is 11.2 Å². The van der Waals surface area contributed by atoms with E-state index in [2.05, 4.69) is 15.1 Å². The normalized spacial score (nSPS) is 15.6. The van der Waals surface area contributed by atoms with Gasteiger partial charge in [-0.05, 0) is 38.3 Å². The number of hydrogen-bond acceptors (Lipinski definition) is 6. The van der Waals surface area contributed by atoms with Crippen LogP contribution in [0.2, 0.25) is 5.02 Å². The number of nitrogens with two attached hydrogens (primary N) is 1. The van der Waals surface area contributed by atoms with Crippen molar-refractivity contribution in [3.05, 3.63) is 40.8 Å². The van der Waals surface area contributed by atoms with E-state index in [0.717, 1.165) is 40.4 Å². The fourth-order valence-corrected chi connectivity index (χ4v) is 3.81. The Morgan fingerprint density at radius 3 is 2.75 bits per heavy atom. The maximum atomic E-state index is 6.25. The van der Waals surface area contributed by atoms with E-state index in [-0.39, 0.29) is 12.4 Å². The molecule has 0 spiro atoms. The predicted molar refractivity (Wildman–Crippen MR) is 97.6 cm³/mol. The van der Waals surface area contributed by atoms with Crippen LogP contribution in [0, 0.1) is 6.92 Å². The van der Waals surface area contributed by atoms with Gasteiger partial charge in [0.2, 0.25) is 0 Å². The molecule has 126 valence electrons. The quantitative estimate of drug-likeness (QED) is 0.716. The van der Waals surface area contributed by atoms with E-state index < -0.39 is 5.54 Å². The molecule has 1 aliphatic carbocycles. The van der Waals surface area contributed by atoms with Crippen molar-refractivity contribution in [1.29, 1.82) is 0 Å². The maximum Gasteiger partial charge on any atom is 0.270 e. The van der Waals surface area contributed by atoms with Crippen LogP contribution in [-0.4, -0.2) is 15.1 Å². The highest BCUT2D eigenvalue weighted by Crippen LogP contribution is 2.39. The Kier molecular flexibility index (Phi) is 4.66. The van der Waals surface area contributed by atoms with Gasteiger partial charge in [0, 0.05) is 10.6 Å². The van der Waals surface area contributed by atoms with Gasteiger partial charge in [-0.1, -0.05) is 28.9 Å². The molecule has 1 aromatic carbocycles. The molecular formula is C16H16Cl2N4OS. The summed E-state index contributed by atoms with van der Waals surface area (Å²) in [6, 6.07) is 7.63. The maximum absolute atomic E-state index is 6.25. The van der Waals surface area contributed by atoms with Crippen LogP contribution in [-0.2, 0) is 5.54 Å². The zero-order valence-electron chi connectivity index (χ0n) is 13.0. The minimum Gasteiger partial charge on any atom is -0.333 e. The van der Waals surface area contributed by atoms with Crippen molar-refractivity contribution in [2.45, 2.75) is 31.7 Å². The lowest BCUT2D eigenvalue weighted by Crippen LogP contribution is -2.44. The summed E-state index contributed by atoms with van der Waals surface area (Å²) < 4.78 is 5.43. The van der Waals surface area contributed by atoms with Crippen molar-refractivity contribution in [2.75, 3.05) is 0 Å². The molecule has 1 fully saturated rings. The van der Waals surface area contributed by atoms with Crippen molar-refractivity contribution in [3.63, 3.8) is 0 Å². The van der Waals surface area contributed by atoms with Crippen molar-refractivity contribution in [1.82, 2.24) is 15.1 Å². The summed E-state index contributed by atoms with van der Waals surface area (Å²) in [6.07, 6.45) is 2.92. The smallest absolute Gasteiger partial charge is 0.270 e. The molecular weight excluding hydrogens is 367 g/mol. The molecule has 0 aliphatic heterocycles. The molecule has 0 unspecified atom stereocenters. The first kappa shape index (κ1) is 17.4. The molecule has 0 saturated heterocycles. The summed E-state index contributed by atoms with van der Waals surface area (Å²) in [5.74, 6) is 1.08. The lowest BCUT2D eigenvalue weighted by Gasteiger charge is -2.34. The van der Waals surface area contributed by atoms with Crippen molar-refractivity contribution in [3.8, 4) is 21.3 Å². The van der Waals surface area contributed by atoms with Crippen LogP contribution < -0.4 is 5.73 Å². The van der Waals surface area contributed by atoms with Gasteiger partial charge in [0.25, 0.3) is 5.89 Å². The lowest BCUT2D eigenvalue weighted by molar-refractivity contribution is 0.229. The van der Waals surface area contributed by atoms with Gasteiger partial charge in [-0.15, -0.1) is 23.7 Å². The molecule has 1 saturated carbocycles. The number of aromatic nitrogens is 3. The molecule has 24 heavy (non-hydrogen) atoms. The average molecular weight is 383 g/mol. The Labute approximate surface area is 154 Å². The van der Waals surface area contributed by atoms with Gasteiger partial charge in [-0.3, -0.25) is 0 Å². The van der Waals surface area contributed by atoms with E-state index in [1.165, 1.54) is 11.3 Å². The Hall–Kier alpha value is -1.47. The Balaban J connectivity index is 0.00000169. The monoisotopic (exact) mass is 382 g/mol. The standard InChI is InChI=1S/C16H15ClN4OS.ClH/c1-9-12(13-20-15(21-22-13)16(18)6-3-7-16)23-14(19-9)10-4-2-5-11(17)8-10;/h2,4-5,8H,3,6-7,18H2,1H3;1H. The molecule has 5 nitrogen and oxygen atoms in total. The SMILES string of the molecule is Cc1nc(-c2cccc(Cl)c2)sc1-c1nc(C2(N)CCC2)no1.Cl. The fourth-order valence-electron chi connectivity index (χ4n) is 2.64. The largest absolute Gasteiger partial charge is 0.333 e. The third kappa shape index (κ3) is 2.95. The van der Waals surface area contributed by atoms with Crippen LogP contribution in [0.1, 0.15) is 30.8 Å². The third-order valence-corrected chi connectivity index (χ3v) is 5.61.